The number of hydrogen-bond donors (Lipinski definition) is 2. The molecule has 0 heterocycles. The van der Waals surface area contributed by atoms with Crippen LogP contribution in [0.15, 0.2) is 23.2 Å². The molecule has 0 aromatic heterocycles. The maximum Gasteiger partial charge on any atom is 0.191 e. The molecule has 4 nitrogen and oxygen atoms in total. The second kappa shape index (κ2) is 8.04. The van der Waals surface area contributed by atoms with Gasteiger partial charge in [0, 0.05) is 25.2 Å². The quantitative estimate of drug-likeness (QED) is 0.447. The summed E-state index contributed by atoms with van der Waals surface area (Å²) in [7, 11) is 1.80. The number of benzene rings is 1. The van der Waals surface area contributed by atoms with E-state index in [0.29, 0.717) is 12.6 Å². The Hall–Kier alpha value is -0.980. The molecule has 1 saturated carbocycles. The maximum absolute atomic E-state index is 6.07. The lowest BCUT2D eigenvalue weighted by Gasteiger charge is -2.24. The summed E-state index contributed by atoms with van der Waals surface area (Å²) in [4.78, 5) is 4.26. The van der Waals surface area contributed by atoms with Crippen molar-refractivity contribution >= 4 is 29.9 Å². The van der Waals surface area contributed by atoms with Crippen molar-refractivity contribution in [2.45, 2.75) is 58.7 Å². The topological polar surface area (TPSA) is 45.7 Å². The van der Waals surface area contributed by atoms with Crippen LogP contribution < -0.4 is 15.4 Å². The number of aliphatic imine (C=N–C) groups is 1. The van der Waals surface area contributed by atoms with Crippen molar-refractivity contribution in [1.29, 1.82) is 0 Å². The van der Waals surface area contributed by atoms with Crippen LogP contribution >= 0.6 is 24.0 Å². The molecule has 1 aromatic rings. The number of rotatable bonds is 4. The van der Waals surface area contributed by atoms with E-state index in [9.17, 15) is 0 Å². The number of guanidine groups is 1. The Kier molecular flexibility index (Phi) is 6.97. The Bertz CT molecular complexity index is 519. The molecule has 5 heteroatoms. The van der Waals surface area contributed by atoms with E-state index in [1.807, 2.05) is 0 Å². The summed E-state index contributed by atoms with van der Waals surface area (Å²) in [5, 5.41) is 6.75. The third kappa shape index (κ3) is 6.42. The van der Waals surface area contributed by atoms with Crippen LogP contribution in [0.4, 0.5) is 0 Å². The zero-order valence-electron chi connectivity index (χ0n) is 14.2. The predicted molar refractivity (Wildman–Crippen MR) is 103 cm³/mol. The largest absolute Gasteiger partial charge is 0.488 e. The number of nitrogens with one attached hydrogen (secondary N) is 2. The maximum atomic E-state index is 6.07. The molecule has 0 radical (unpaired) electrons. The number of halogens is 1. The summed E-state index contributed by atoms with van der Waals surface area (Å²) in [6, 6.07) is 6.93. The number of nitrogens with zero attached hydrogens (tertiary/aromatic N) is 1. The van der Waals surface area contributed by atoms with Crippen molar-refractivity contribution in [3.63, 3.8) is 0 Å². The van der Waals surface area contributed by atoms with E-state index in [1.54, 1.807) is 7.05 Å². The van der Waals surface area contributed by atoms with E-state index >= 15 is 0 Å². The zero-order chi connectivity index (χ0) is 15.5. The monoisotopic (exact) mass is 417 g/mol. The van der Waals surface area contributed by atoms with E-state index in [4.69, 9.17) is 4.74 Å². The van der Waals surface area contributed by atoms with Crippen molar-refractivity contribution in [3.8, 4) is 5.75 Å². The van der Waals surface area contributed by atoms with Crippen LogP contribution in [0.1, 0.15) is 44.7 Å². The number of aryl methyl sites for hydroxylation is 1. The highest BCUT2D eigenvalue weighted by Crippen LogP contribution is 2.25. The van der Waals surface area contributed by atoms with Gasteiger partial charge in [-0.2, -0.15) is 0 Å². The molecule has 0 unspecified atom stereocenters. The second-order valence-corrected chi connectivity index (χ2v) is 6.67. The first-order chi connectivity index (χ1) is 9.87. The minimum Gasteiger partial charge on any atom is -0.488 e. The fraction of sp³-hybridized carbons (Fsp3) is 0.588. The molecule has 2 N–H and O–H groups in total. The molecule has 22 heavy (non-hydrogen) atoms. The predicted octanol–water partition coefficient (Wildman–Crippen LogP) is 3.62. The van der Waals surface area contributed by atoms with Crippen molar-refractivity contribution < 1.29 is 4.74 Å². The molecule has 0 bridgehead atoms. The van der Waals surface area contributed by atoms with Gasteiger partial charge in [0.1, 0.15) is 11.4 Å². The first-order valence-corrected chi connectivity index (χ1v) is 7.63. The van der Waals surface area contributed by atoms with Gasteiger partial charge in [-0.3, -0.25) is 4.99 Å². The molecule has 0 atom stereocenters. The molecule has 0 aliphatic heterocycles. The van der Waals surface area contributed by atoms with Gasteiger partial charge in [-0.15, -0.1) is 24.0 Å². The summed E-state index contributed by atoms with van der Waals surface area (Å²) in [5.41, 5.74) is 2.16. The molecular formula is C17H28IN3O. The average molecular weight is 417 g/mol. The highest BCUT2D eigenvalue weighted by molar-refractivity contribution is 14.0. The molecule has 0 saturated heterocycles. The second-order valence-electron chi connectivity index (χ2n) is 6.67. The first kappa shape index (κ1) is 19.1. The molecular weight excluding hydrogens is 389 g/mol. The fourth-order valence-corrected chi connectivity index (χ4v) is 2.03. The molecule has 1 aliphatic carbocycles. The van der Waals surface area contributed by atoms with Crippen LogP contribution in [0.3, 0.4) is 0 Å². The van der Waals surface area contributed by atoms with Gasteiger partial charge in [-0.25, -0.2) is 0 Å². The van der Waals surface area contributed by atoms with E-state index in [2.05, 4.69) is 61.5 Å². The van der Waals surface area contributed by atoms with E-state index in [0.717, 1.165) is 17.3 Å². The summed E-state index contributed by atoms with van der Waals surface area (Å²) in [6.45, 7) is 9.00. The molecule has 0 amide bonds. The van der Waals surface area contributed by atoms with E-state index in [1.165, 1.54) is 18.4 Å². The summed E-state index contributed by atoms with van der Waals surface area (Å²) >= 11 is 0. The van der Waals surface area contributed by atoms with Gasteiger partial charge in [0.25, 0.3) is 0 Å². The Balaban J connectivity index is 0.00000242. The minimum atomic E-state index is -0.198. The fourth-order valence-electron chi connectivity index (χ4n) is 2.03. The third-order valence-electron chi connectivity index (χ3n) is 3.23. The van der Waals surface area contributed by atoms with Crippen LogP contribution in [0, 0.1) is 6.92 Å². The lowest BCUT2D eigenvalue weighted by molar-refractivity contribution is 0.129. The lowest BCUT2D eigenvalue weighted by Crippen LogP contribution is -2.38. The van der Waals surface area contributed by atoms with Crippen LogP contribution in [0.25, 0.3) is 0 Å². The zero-order valence-corrected chi connectivity index (χ0v) is 16.5. The Labute approximate surface area is 151 Å². The molecule has 0 spiro atoms. The van der Waals surface area contributed by atoms with Gasteiger partial charge >= 0.3 is 0 Å². The van der Waals surface area contributed by atoms with Gasteiger partial charge in [0.15, 0.2) is 5.96 Å². The summed E-state index contributed by atoms with van der Waals surface area (Å²) in [5.74, 6) is 1.80. The molecule has 1 aliphatic rings. The summed E-state index contributed by atoms with van der Waals surface area (Å²) in [6.07, 6.45) is 2.48. The van der Waals surface area contributed by atoms with Crippen molar-refractivity contribution in [2.24, 2.45) is 4.99 Å². The standard InChI is InChI=1S/C17H27N3O.HI/c1-12-6-7-13(15(10-12)21-17(2,3)4)11-19-16(18-5)20-14-8-9-14;/h6-7,10,14H,8-9,11H2,1-5H3,(H2,18,19,20);1H. The molecule has 1 aromatic carbocycles. The van der Waals surface area contributed by atoms with Crippen molar-refractivity contribution in [1.82, 2.24) is 10.6 Å². The third-order valence-corrected chi connectivity index (χ3v) is 3.23. The Morgan fingerprint density at radius 2 is 2.00 bits per heavy atom. The molecule has 124 valence electrons. The lowest BCUT2D eigenvalue weighted by atomic mass is 10.1. The highest BCUT2D eigenvalue weighted by atomic mass is 127. The normalized spacial score (nSPS) is 15.0. The van der Waals surface area contributed by atoms with Crippen LogP contribution in [-0.4, -0.2) is 24.7 Å². The highest BCUT2D eigenvalue weighted by Gasteiger charge is 2.22. The smallest absolute Gasteiger partial charge is 0.191 e. The number of hydrogen-bond acceptors (Lipinski definition) is 2. The van der Waals surface area contributed by atoms with E-state index < -0.39 is 0 Å². The first-order valence-electron chi connectivity index (χ1n) is 7.63. The van der Waals surface area contributed by atoms with Gasteiger partial charge in [-0.05, 0) is 52.2 Å². The van der Waals surface area contributed by atoms with Gasteiger partial charge < -0.3 is 15.4 Å². The van der Waals surface area contributed by atoms with Crippen LogP contribution in [-0.2, 0) is 6.54 Å². The SMILES string of the molecule is CN=C(NCc1ccc(C)cc1OC(C)(C)C)NC1CC1.I. The van der Waals surface area contributed by atoms with Gasteiger partial charge in [-0.1, -0.05) is 12.1 Å². The van der Waals surface area contributed by atoms with Gasteiger partial charge in [0.05, 0.1) is 0 Å². The molecule has 2 rings (SSSR count). The van der Waals surface area contributed by atoms with Crippen LogP contribution in [0.2, 0.25) is 0 Å². The van der Waals surface area contributed by atoms with E-state index in [-0.39, 0.29) is 29.6 Å². The van der Waals surface area contributed by atoms with Gasteiger partial charge in [0.2, 0.25) is 0 Å². The van der Waals surface area contributed by atoms with Crippen molar-refractivity contribution in [2.75, 3.05) is 7.05 Å². The Morgan fingerprint density at radius 1 is 1.32 bits per heavy atom. The van der Waals surface area contributed by atoms with Crippen molar-refractivity contribution in [3.05, 3.63) is 29.3 Å². The minimum absolute atomic E-state index is 0. The number of ether oxygens (including phenoxy) is 1. The Morgan fingerprint density at radius 3 is 2.55 bits per heavy atom. The molecule has 1 fully saturated rings. The summed E-state index contributed by atoms with van der Waals surface area (Å²) < 4.78 is 6.07. The average Bonchev–Trinajstić information content (AvgIpc) is 3.18. The van der Waals surface area contributed by atoms with Crippen LogP contribution in [0.5, 0.6) is 5.75 Å².